The van der Waals surface area contributed by atoms with Crippen LogP contribution in [0.15, 0.2) is 48.5 Å². The van der Waals surface area contributed by atoms with Crippen LogP contribution in [-0.4, -0.2) is 55.3 Å². The van der Waals surface area contributed by atoms with Crippen LogP contribution in [0.1, 0.15) is 42.5 Å². The van der Waals surface area contributed by atoms with Crippen molar-refractivity contribution < 1.29 is 14.0 Å². The molecule has 2 aromatic carbocycles. The zero-order valence-corrected chi connectivity index (χ0v) is 19.3. The van der Waals surface area contributed by atoms with Gasteiger partial charge in [-0.15, -0.1) is 0 Å². The van der Waals surface area contributed by atoms with E-state index in [9.17, 15) is 14.0 Å². The molecule has 1 saturated heterocycles. The van der Waals surface area contributed by atoms with Crippen LogP contribution in [0.25, 0.3) is 0 Å². The van der Waals surface area contributed by atoms with Crippen LogP contribution in [0.4, 0.5) is 4.39 Å². The van der Waals surface area contributed by atoms with Gasteiger partial charge in [-0.1, -0.05) is 43.3 Å². The van der Waals surface area contributed by atoms with Gasteiger partial charge in [0.1, 0.15) is 5.82 Å². The zero-order valence-electron chi connectivity index (χ0n) is 19.3. The fourth-order valence-corrected chi connectivity index (χ4v) is 4.22. The number of benzene rings is 2. The van der Waals surface area contributed by atoms with Crippen molar-refractivity contribution in [2.45, 2.75) is 38.6 Å². The molecule has 32 heavy (non-hydrogen) atoms. The third kappa shape index (κ3) is 6.39. The SMILES string of the molecule is CCc1ccc(C(CNC(=O)C2CCCN(C(=O)Cc3ccc(F)cc3)C2)N(C)C)cc1. The first kappa shape index (κ1) is 23.9. The Labute approximate surface area is 190 Å². The molecule has 2 unspecified atom stereocenters. The molecule has 1 aliphatic rings. The number of nitrogens with zero attached hydrogens (tertiary/aromatic N) is 2. The van der Waals surface area contributed by atoms with Gasteiger partial charge in [0, 0.05) is 19.6 Å². The molecular formula is C26H34FN3O2. The van der Waals surface area contributed by atoms with E-state index in [2.05, 4.69) is 41.4 Å². The summed E-state index contributed by atoms with van der Waals surface area (Å²) in [7, 11) is 4.03. The van der Waals surface area contributed by atoms with Crippen molar-refractivity contribution >= 4 is 11.8 Å². The second kappa shape index (κ2) is 11.2. The Bertz CT molecular complexity index is 896. The Morgan fingerprint density at radius 1 is 1.09 bits per heavy atom. The molecule has 0 spiro atoms. The maximum Gasteiger partial charge on any atom is 0.227 e. The molecule has 0 radical (unpaired) electrons. The summed E-state index contributed by atoms with van der Waals surface area (Å²) in [6.07, 6.45) is 2.82. The summed E-state index contributed by atoms with van der Waals surface area (Å²) in [6, 6.07) is 14.6. The first-order valence-electron chi connectivity index (χ1n) is 11.4. The Kier molecular flexibility index (Phi) is 8.39. The fourth-order valence-electron chi connectivity index (χ4n) is 4.22. The molecule has 0 aliphatic carbocycles. The molecule has 1 fully saturated rings. The molecule has 2 aromatic rings. The number of aryl methyl sites for hydroxylation is 1. The second-order valence-corrected chi connectivity index (χ2v) is 8.80. The van der Waals surface area contributed by atoms with Gasteiger partial charge in [0.15, 0.2) is 0 Å². The standard InChI is InChI=1S/C26H34FN3O2/c1-4-19-7-11-21(12-8-19)24(29(2)3)17-28-26(32)22-6-5-15-30(18-22)25(31)16-20-9-13-23(27)14-10-20/h7-14,22,24H,4-6,15-18H2,1-3H3,(H,28,32). The second-order valence-electron chi connectivity index (χ2n) is 8.80. The van der Waals surface area contributed by atoms with Gasteiger partial charge in [0.25, 0.3) is 0 Å². The number of hydrogen-bond acceptors (Lipinski definition) is 3. The Hall–Kier alpha value is -2.73. The minimum absolute atomic E-state index is 0.00121. The number of halogens is 1. The van der Waals surface area contributed by atoms with E-state index in [0.29, 0.717) is 19.6 Å². The van der Waals surface area contributed by atoms with E-state index in [4.69, 9.17) is 0 Å². The number of likely N-dealkylation sites (N-methyl/N-ethyl adjacent to an activating group) is 1. The molecule has 2 atom stereocenters. The lowest BCUT2D eigenvalue weighted by atomic mass is 9.96. The van der Waals surface area contributed by atoms with Crippen molar-refractivity contribution in [2.24, 2.45) is 5.92 Å². The van der Waals surface area contributed by atoms with E-state index in [1.807, 2.05) is 14.1 Å². The average molecular weight is 440 g/mol. The summed E-state index contributed by atoms with van der Waals surface area (Å²) in [5.74, 6) is -0.531. The van der Waals surface area contributed by atoms with Gasteiger partial charge in [0.2, 0.25) is 11.8 Å². The van der Waals surface area contributed by atoms with E-state index in [1.165, 1.54) is 23.3 Å². The Morgan fingerprint density at radius 3 is 2.38 bits per heavy atom. The highest BCUT2D eigenvalue weighted by Gasteiger charge is 2.29. The van der Waals surface area contributed by atoms with Crippen molar-refractivity contribution in [3.63, 3.8) is 0 Å². The van der Waals surface area contributed by atoms with Crippen molar-refractivity contribution in [1.82, 2.24) is 15.1 Å². The maximum atomic E-state index is 13.1. The highest BCUT2D eigenvalue weighted by Crippen LogP contribution is 2.21. The largest absolute Gasteiger partial charge is 0.354 e. The van der Waals surface area contributed by atoms with Crippen molar-refractivity contribution in [3.8, 4) is 0 Å². The number of likely N-dealkylation sites (tertiary alicyclic amines) is 1. The van der Waals surface area contributed by atoms with Gasteiger partial charge >= 0.3 is 0 Å². The molecule has 172 valence electrons. The highest BCUT2D eigenvalue weighted by molar-refractivity contribution is 5.82. The fraction of sp³-hybridized carbons (Fsp3) is 0.462. The molecule has 0 bridgehead atoms. The van der Waals surface area contributed by atoms with Gasteiger partial charge in [-0.2, -0.15) is 0 Å². The van der Waals surface area contributed by atoms with Crippen LogP contribution < -0.4 is 5.32 Å². The summed E-state index contributed by atoms with van der Waals surface area (Å²) in [4.78, 5) is 29.5. The van der Waals surface area contributed by atoms with Crippen molar-refractivity contribution in [3.05, 3.63) is 71.0 Å². The zero-order chi connectivity index (χ0) is 23.1. The smallest absolute Gasteiger partial charge is 0.227 e. The molecule has 1 N–H and O–H groups in total. The normalized spacial score (nSPS) is 17.3. The number of carbonyl (C=O) groups is 2. The summed E-state index contributed by atoms with van der Waals surface area (Å²) < 4.78 is 13.1. The molecule has 0 aromatic heterocycles. The molecule has 1 aliphatic heterocycles. The number of rotatable bonds is 8. The van der Waals surface area contributed by atoms with Crippen LogP contribution in [0, 0.1) is 11.7 Å². The minimum atomic E-state index is -0.312. The van der Waals surface area contributed by atoms with Crippen LogP contribution in [0.3, 0.4) is 0 Å². The topological polar surface area (TPSA) is 52.7 Å². The molecule has 3 rings (SSSR count). The number of carbonyl (C=O) groups excluding carboxylic acids is 2. The molecule has 0 saturated carbocycles. The van der Waals surface area contributed by atoms with E-state index in [0.717, 1.165) is 24.8 Å². The van der Waals surface area contributed by atoms with Gasteiger partial charge in [0.05, 0.1) is 18.4 Å². The summed E-state index contributed by atoms with van der Waals surface area (Å²) in [5.41, 5.74) is 3.25. The van der Waals surface area contributed by atoms with E-state index in [1.54, 1.807) is 17.0 Å². The van der Waals surface area contributed by atoms with E-state index < -0.39 is 0 Å². The van der Waals surface area contributed by atoms with Crippen molar-refractivity contribution in [1.29, 1.82) is 0 Å². The Morgan fingerprint density at radius 2 is 1.75 bits per heavy atom. The van der Waals surface area contributed by atoms with Gasteiger partial charge < -0.3 is 15.1 Å². The van der Waals surface area contributed by atoms with E-state index >= 15 is 0 Å². The van der Waals surface area contributed by atoms with Crippen LogP contribution in [0.5, 0.6) is 0 Å². The summed E-state index contributed by atoms with van der Waals surface area (Å²) in [5, 5.41) is 3.12. The number of nitrogens with one attached hydrogen (secondary N) is 1. The first-order chi connectivity index (χ1) is 15.4. The number of amides is 2. The highest BCUT2D eigenvalue weighted by atomic mass is 19.1. The van der Waals surface area contributed by atoms with Gasteiger partial charge in [-0.25, -0.2) is 4.39 Å². The number of hydrogen-bond donors (Lipinski definition) is 1. The maximum absolute atomic E-state index is 13.1. The first-order valence-corrected chi connectivity index (χ1v) is 11.4. The van der Waals surface area contributed by atoms with Gasteiger partial charge in [-0.3, -0.25) is 9.59 Å². The van der Waals surface area contributed by atoms with Gasteiger partial charge in [-0.05, 0) is 62.2 Å². The molecule has 6 heteroatoms. The van der Waals surface area contributed by atoms with E-state index in [-0.39, 0.29) is 36.0 Å². The average Bonchev–Trinajstić information content (AvgIpc) is 2.80. The third-order valence-corrected chi connectivity index (χ3v) is 6.28. The molecule has 1 heterocycles. The molecular weight excluding hydrogens is 405 g/mol. The predicted octanol–water partition coefficient (Wildman–Crippen LogP) is 3.59. The molecule has 5 nitrogen and oxygen atoms in total. The Balaban J connectivity index is 1.55. The quantitative estimate of drug-likeness (QED) is 0.684. The van der Waals surface area contributed by atoms with Crippen LogP contribution in [-0.2, 0) is 22.4 Å². The number of piperidine rings is 1. The lowest BCUT2D eigenvalue weighted by molar-refractivity contribution is -0.135. The lowest BCUT2D eigenvalue weighted by Gasteiger charge is -2.33. The monoisotopic (exact) mass is 439 g/mol. The minimum Gasteiger partial charge on any atom is -0.354 e. The third-order valence-electron chi connectivity index (χ3n) is 6.28. The summed E-state index contributed by atoms with van der Waals surface area (Å²) in [6.45, 7) is 3.76. The molecule has 2 amide bonds. The lowest BCUT2D eigenvalue weighted by Crippen LogP contribution is -2.47. The summed E-state index contributed by atoms with van der Waals surface area (Å²) >= 11 is 0. The van der Waals surface area contributed by atoms with Crippen molar-refractivity contribution in [2.75, 3.05) is 33.7 Å². The predicted molar refractivity (Wildman–Crippen MR) is 125 cm³/mol. The van der Waals surface area contributed by atoms with Crippen LogP contribution in [0.2, 0.25) is 0 Å². The van der Waals surface area contributed by atoms with Crippen LogP contribution >= 0.6 is 0 Å².